The lowest BCUT2D eigenvalue weighted by Gasteiger charge is -2.05. The van der Waals surface area contributed by atoms with E-state index in [1.54, 1.807) is 24.3 Å². The molecule has 0 fully saturated rings. The molecule has 174 valence electrons. The number of rotatable bonds is 13. The third kappa shape index (κ3) is 12.9. The summed E-state index contributed by atoms with van der Waals surface area (Å²) in [4.78, 5) is 0. The van der Waals surface area contributed by atoms with Gasteiger partial charge in [0.25, 0.3) is 0 Å². The van der Waals surface area contributed by atoms with Crippen molar-refractivity contribution >= 4 is 23.2 Å². The predicted octanol–water partition coefficient (Wildman–Crippen LogP) is 9.51. The van der Waals surface area contributed by atoms with Crippen LogP contribution in [-0.2, 0) is 12.8 Å². The lowest BCUT2D eigenvalue weighted by Crippen LogP contribution is -1.87. The average molecular weight is 468 g/mol. The highest BCUT2D eigenvalue weighted by Crippen LogP contribution is 2.24. The second kappa shape index (κ2) is 17.2. The van der Waals surface area contributed by atoms with Crippen LogP contribution in [0.4, 0.5) is 0 Å². The summed E-state index contributed by atoms with van der Waals surface area (Å²) in [6, 6.07) is 10.5. The van der Waals surface area contributed by atoms with Crippen molar-refractivity contribution in [2.45, 2.75) is 97.3 Å². The molecule has 2 nitrogen and oxygen atoms in total. The van der Waals surface area contributed by atoms with E-state index in [-0.39, 0.29) is 0 Å². The molecule has 0 atom stereocenters. The zero-order valence-electron chi connectivity index (χ0n) is 19.3. The van der Waals surface area contributed by atoms with Gasteiger partial charge in [0.1, 0.15) is 11.5 Å². The van der Waals surface area contributed by atoms with Crippen LogP contribution in [0.1, 0.15) is 95.6 Å². The molecule has 2 aromatic carbocycles. The summed E-state index contributed by atoms with van der Waals surface area (Å²) in [5.41, 5.74) is 1.95. The molecule has 0 aromatic heterocycles. The Labute approximate surface area is 199 Å². The number of phenolic OH excluding ortho intramolecular Hbond substituents is 2. The molecular weight excluding hydrogens is 427 g/mol. The van der Waals surface area contributed by atoms with E-state index in [1.165, 1.54) is 57.8 Å². The first kappa shape index (κ1) is 27.7. The number of aromatic hydroxyl groups is 2. The summed E-state index contributed by atoms with van der Waals surface area (Å²) in [6.45, 7) is 4.44. The van der Waals surface area contributed by atoms with Gasteiger partial charge in [-0.3, -0.25) is 0 Å². The summed E-state index contributed by atoms with van der Waals surface area (Å²) in [5, 5.41) is 20.6. The molecule has 0 aliphatic carbocycles. The fraction of sp³-hybridized carbons (Fsp3) is 0.556. The van der Waals surface area contributed by atoms with Crippen molar-refractivity contribution in [2.24, 2.45) is 0 Å². The normalized spacial score (nSPS) is 10.6. The topological polar surface area (TPSA) is 40.5 Å². The van der Waals surface area contributed by atoms with Crippen molar-refractivity contribution in [3.05, 3.63) is 57.6 Å². The Balaban J connectivity index is 0.000000311. The molecule has 2 rings (SSSR count). The highest BCUT2D eigenvalue weighted by molar-refractivity contribution is 6.31. The number of hydrogen-bond donors (Lipinski definition) is 2. The molecule has 0 heterocycles. The minimum atomic E-state index is 0.370. The second-order valence-corrected chi connectivity index (χ2v) is 9.10. The van der Waals surface area contributed by atoms with Gasteiger partial charge in [-0.2, -0.15) is 0 Å². The molecule has 2 N–H and O–H groups in total. The molecule has 2 aromatic rings. The zero-order valence-corrected chi connectivity index (χ0v) is 20.8. The van der Waals surface area contributed by atoms with Crippen LogP contribution >= 0.6 is 23.2 Å². The van der Waals surface area contributed by atoms with E-state index in [9.17, 15) is 10.2 Å². The van der Waals surface area contributed by atoms with Crippen LogP contribution in [0.15, 0.2) is 36.4 Å². The van der Waals surface area contributed by atoms with Gasteiger partial charge < -0.3 is 10.2 Å². The van der Waals surface area contributed by atoms with Crippen molar-refractivity contribution in [3.8, 4) is 11.5 Å². The first-order valence-electron chi connectivity index (χ1n) is 11.9. The quantitative estimate of drug-likeness (QED) is 0.288. The van der Waals surface area contributed by atoms with Crippen LogP contribution in [0.5, 0.6) is 11.5 Å². The predicted molar refractivity (Wildman–Crippen MR) is 136 cm³/mol. The van der Waals surface area contributed by atoms with Crippen LogP contribution in [0.2, 0.25) is 10.0 Å². The highest BCUT2D eigenvalue weighted by Gasteiger charge is 2.02. The molecule has 0 aliphatic rings. The molecule has 0 amide bonds. The summed E-state index contributed by atoms with van der Waals surface area (Å²) >= 11 is 11.8. The number of benzene rings is 2. The lowest BCUT2D eigenvalue weighted by molar-refractivity contribution is 0.465. The maximum absolute atomic E-state index is 9.62. The SMILES string of the molecule is CCCCCCCCc1cc(Cl)ccc1O.CCCCCCCc1cc(Cl)ccc1O. The van der Waals surface area contributed by atoms with Crippen LogP contribution in [-0.4, -0.2) is 10.2 Å². The molecule has 0 saturated heterocycles. The van der Waals surface area contributed by atoms with Crippen molar-refractivity contribution < 1.29 is 10.2 Å². The minimum absolute atomic E-state index is 0.370. The molecule has 31 heavy (non-hydrogen) atoms. The molecule has 0 unspecified atom stereocenters. The molecule has 0 aliphatic heterocycles. The Morgan fingerprint density at radius 1 is 0.548 bits per heavy atom. The van der Waals surface area contributed by atoms with Gasteiger partial charge in [0.2, 0.25) is 0 Å². The van der Waals surface area contributed by atoms with E-state index < -0.39 is 0 Å². The smallest absolute Gasteiger partial charge is 0.118 e. The molecule has 0 saturated carbocycles. The van der Waals surface area contributed by atoms with Crippen LogP contribution < -0.4 is 0 Å². The number of phenols is 2. The highest BCUT2D eigenvalue weighted by atomic mass is 35.5. The largest absolute Gasteiger partial charge is 0.508 e. The number of unbranched alkanes of at least 4 members (excludes halogenated alkanes) is 9. The summed E-state index contributed by atoms with van der Waals surface area (Å²) in [6.07, 6.45) is 15.7. The van der Waals surface area contributed by atoms with E-state index in [2.05, 4.69) is 13.8 Å². The Morgan fingerprint density at radius 2 is 0.903 bits per heavy atom. The fourth-order valence-electron chi connectivity index (χ4n) is 3.52. The summed E-state index contributed by atoms with van der Waals surface area (Å²) < 4.78 is 0. The Kier molecular flexibility index (Phi) is 15.4. The van der Waals surface area contributed by atoms with Gasteiger partial charge in [0.15, 0.2) is 0 Å². The molecule has 0 spiro atoms. The third-order valence-electron chi connectivity index (χ3n) is 5.43. The van der Waals surface area contributed by atoms with E-state index >= 15 is 0 Å². The summed E-state index contributed by atoms with van der Waals surface area (Å²) in [7, 11) is 0. The van der Waals surface area contributed by atoms with Crippen molar-refractivity contribution in [3.63, 3.8) is 0 Å². The molecule has 4 heteroatoms. The standard InChI is InChI=1S/C14H21ClO.C13H19ClO/c1-2-3-4-5-6-7-8-12-11-13(15)9-10-14(12)16;1-2-3-4-5-6-7-11-10-12(14)8-9-13(11)15/h9-11,16H,2-8H2,1H3;8-10,15H,2-7H2,1H3. The first-order chi connectivity index (χ1) is 15.0. The maximum atomic E-state index is 9.62. The Morgan fingerprint density at radius 3 is 1.29 bits per heavy atom. The van der Waals surface area contributed by atoms with Gasteiger partial charge >= 0.3 is 0 Å². The van der Waals surface area contributed by atoms with Gasteiger partial charge in [-0.1, -0.05) is 94.8 Å². The third-order valence-corrected chi connectivity index (χ3v) is 5.90. The minimum Gasteiger partial charge on any atom is -0.508 e. The average Bonchev–Trinajstić information content (AvgIpc) is 2.75. The first-order valence-corrected chi connectivity index (χ1v) is 12.7. The molecular formula is C27H40Cl2O2. The number of aryl methyl sites for hydroxylation is 2. The van der Waals surface area contributed by atoms with Gasteiger partial charge in [-0.25, -0.2) is 0 Å². The van der Waals surface area contributed by atoms with Gasteiger partial charge in [0.05, 0.1) is 0 Å². The fourth-order valence-corrected chi connectivity index (χ4v) is 3.91. The second-order valence-electron chi connectivity index (χ2n) is 8.23. The van der Waals surface area contributed by atoms with Crippen molar-refractivity contribution in [2.75, 3.05) is 0 Å². The van der Waals surface area contributed by atoms with E-state index in [0.717, 1.165) is 36.8 Å². The molecule has 0 radical (unpaired) electrons. The number of halogens is 2. The Bertz CT molecular complexity index is 731. The van der Waals surface area contributed by atoms with Crippen LogP contribution in [0.25, 0.3) is 0 Å². The zero-order chi connectivity index (χ0) is 22.9. The van der Waals surface area contributed by atoms with E-state index in [0.29, 0.717) is 21.5 Å². The van der Waals surface area contributed by atoms with Gasteiger partial charge in [0, 0.05) is 10.0 Å². The number of hydrogen-bond acceptors (Lipinski definition) is 2. The van der Waals surface area contributed by atoms with Gasteiger partial charge in [-0.15, -0.1) is 0 Å². The van der Waals surface area contributed by atoms with Crippen molar-refractivity contribution in [1.29, 1.82) is 0 Å². The van der Waals surface area contributed by atoms with E-state index in [4.69, 9.17) is 23.2 Å². The maximum Gasteiger partial charge on any atom is 0.118 e. The molecule has 0 bridgehead atoms. The lowest BCUT2D eigenvalue weighted by atomic mass is 10.0. The van der Waals surface area contributed by atoms with Crippen LogP contribution in [0, 0.1) is 0 Å². The van der Waals surface area contributed by atoms with Crippen LogP contribution in [0.3, 0.4) is 0 Å². The van der Waals surface area contributed by atoms with E-state index in [1.807, 2.05) is 12.1 Å². The van der Waals surface area contributed by atoms with Crippen molar-refractivity contribution in [1.82, 2.24) is 0 Å². The summed E-state index contributed by atoms with van der Waals surface area (Å²) in [5.74, 6) is 0.743. The van der Waals surface area contributed by atoms with Gasteiger partial charge in [-0.05, 0) is 73.2 Å². The Hall–Kier alpha value is -1.38. The monoisotopic (exact) mass is 466 g/mol.